The van der Waals surface area contributed by atoms with Crippen molar-refractivity contribution in [2.45, 2.75) is 51.0 Å². The summed E-state index contributed by atoms with van der Waals surface area (Å²) in [6.07, 6.45) is -5.36. The second kappa shape index (κ2) is 7.71. The summed E-state index contributed by atoms with van der Waals surface area (Å²) in [4.78, 5) is 60.8. The van der Waals surface area contributed by atoms with Gasteiger partial charge in [0.15, 0.2) is 17.3 Å². The summed E-state index contributed by atoms with van der Waals surface area (Å²) in [5.41, 5.74) is -7.92. The maximum Gasteiger partial charge on any atom is 0.304 e. The van der Waals surface area contributed by atoms with E-state index >= 15 is 0 Å². The van der Waals surface area contributed by atoms with E-state index in [1.54, 1.807) is 0 Å². The molecule has 0 aromatic carbocycles. The average Bonchev–Trinajstić information content (AvgIpc) is 2.72. The van der Waals surface area contributed by atoms with Gasteiger partial charge in [-0.3, -0.25) is 24.0 Å². The van der Waals surface area contributed by atoms with Crippen molar-refractivity contribution >= 4 is 29.1 Å². The van der Waals surface area contributed by atoms with Gasteiger partial charge in [-0.15, -0.1) is 0 Å². The Balaban J connectivity index is 7.23. The van der Waals surface area contributed by atoms with Gasteiger partial charge in [0.1, 0.15) is 12.2 Å². The number of aliphatic hydroxyl groups excluding tert-OH is 3. The fourth-order valence-electron chi connectivity index (χ4n) is 2.01. The van der Waals surface area contributed by atoms with E-state index in [1.807, 2.05) is 0 Å². The molecule has 0 unspecified atom stereocenters. The van der Waals surface area contributed by atoms with Gasteiger partial charge < -0.3 is 25.2 Å². The van der Waals surface area contributed by atoms with Gasteiger partial charge in [0, 0.05) is 19.3 Å². The molecule has 4 N–H and O–H groups in total. The lowest BCUT2D eigenvalue weighted by Gasteiger charge is -2.44. The van der Waals surface area contributed by atoms with Gasteiger partial charge >= 0.3 is 5.97 Å². The highest BCUT2D eigenvalue weighted by atomic mass is 16.6. The van der Waals surface area contributed by atoms with Crippen molar-refractivity contribution in [2.24, 2.45) is 0 Å². The number of ketones is 4. The Morgan fingerprint density at radius 2 is 1.62 bits per heavy atom. The van der Waals surface area contributed by atoms with Crippen molar-refractivity contribution in [1.82, 2.24) is 0 Å². The Morgan fingerprint density at radius 3 is 2.04 bits per heavy atom. The summed E-state index contributed by atoms with van der Waals surface area (Å²) in [6, 6.07) is 0. The molecule has 0 aliphatic carbocycles. The molecule has 0 heterocycles. The Bertz CT molecular complexity index is 642. The molecule has 0 saturated heterocycles. The number of hydrogen-bond donors (Lipinski definition) is 4. The quantitative estimate of drug-likeness (QED) is 0.191. The highest BCUT2D eigenvalue weighted by Crippen LogP contribution is 2.35. The largest absolute Gasteiger partial charge is 0.439 e. The van der Waals surface area contributed by atoms with Gasteiger partial charge in [0.25, 0.3) is 11.4 Å². The molecule has 10 nitrogen and oxygen atoms in total. The number of ether oxygens (including phenoxy) is 1. The van der Waals surface area contributed by atoms with E-state index < -0.39 is 86.7 Å². The lowest BCUT2D eigenvalue weighted by molar-refractivity contribution is -0.226. The highest BCUT2D eigenvalue weighted by Gasteiger charge is 2.70. The summed E-state index contributed by atoms with van der Waals surface area (Å²) in [5, 5.41) is 39.7. The molecular formula is C14H20O10. The Labute approximate surface area is 142 Å². The number of Topliss-reactive ketones (excluding diaryl/α,β-unsaturated/α-hetero) is 4. The monoisotopic (exact) mass is 352 g/mol. The SMILES string of the molecule is [2H]CC(=O)O[C@](C(=O)C[2H])(C(=O)C(=O)C[2H])[C@](O)(C(=O)C[2H])[C@H](O)[C@H](O)CO. The maximum absolute atomic E-state index is 12.6. The van der Waals surface area contributed by atoms with Crippen LogP contribution in [0.5, 0.6) is 0 Å². The molecule has 24 heavy (non-hydrogen) atoms. The van der Waals surface area contributed by atoms with Gasteiger partial charge in [-0.1, -0.05) is 0 Å². The summed E-state index contributed by atoms with van der Waals surface area (Å²) in [7, 11) is 0. The molecule has 0 bridgehead atoms. The standard InChI is InChI=1S/C14H20O10/c1-6(16)11(21)14(8(3)18,24-9(4)19)13(23,7(2)17)12(22)10(20)5-15/h10,12,15,20,22-23H,5H2,1-4H3/t10-,12-,13+,14-/m1/s1/i1D,2D,3D,4D. The van der Waals surface area contributed by atoms with Crippen molar-refractivity contribution in [3.63, 3.8) is 0 Å². The van der Waals surface area contributed by atoms with Crippen molar-refractivity contribution < 1.29 is 54.6 Å². The van der Waals surface area contributed by atoms with Crippen LogP contribution in [0.1, 0.15) is 33.1 Å². The van der Waals surface area contributed by atoms with Crippen molar-refractivity contribution in [3.8, 4) is 0 Å². The number of aliphatic hydroxyl groups is 4. The molecule has 0 amide bonds. The van der Waals surface area contributed by atoms with Gasteiger partial charge in [0.05, 0.1) is 6.61 Å². The second-order valence-electron chi connectivity index (χ2n) is 4.72. The number of carbonyl (C=O) groups is 5. The molecule has 136 valence electrons. The smallest absolute Gasteiger partial charge is 0.304 e. The molecule has 0 aliphatic rings. The molecule has 0 aromatic rings. The lowest BCUT2D eigenvalue weighted by atomic mass is 9.69. The molecule has 4 atom stereocenters. The fourth-order valence-corrected chi connectivity index (χ4v) is 2.01. The summed E-state index contributed by atoms with van der Waals surface area (Å²) in [6.45, 7) is -6.93. The van der Waals surface area contributed by atoms with Crippen LogP contribution in [0.25, 0.3) is 0 Å². The molecule has 0 saturated carbocycles. The van der Waals surface area contributed by atoms with Crippen molar-refractivity contribution in [2.75, 3.05) is 6.61 Å². The number of hydrogen-bond acceptors (Lipinski definition) is 10. The highest BCUT2D eigenvalue weighted by molar-refractivity contribution is 6.45. The van der Waals surface area contributed by atoms with Gasteiger partial charge in [-0.2, -0.15) is 0 Å². The predicted octanol–water partition coefficient (Wildman–Crippen LogP) is -2.93. The van der Waals surface area contributed by atoms with E-state index in [1.165, 1.54) is 0 Å². The van der Waals surface area contributed by atoms with Crippen LogP contribution in [0.4, 0.5) is 0 Å². The molecule has 0 rings (SSSR count). The first-order chi connectivity index (χ1) is 13.0. The van der Waals surface area contributed by atoms with E-state index in [9.17, 15) is 39.3 Å². The van der Waals surface area contributed by atoms with E-state index in [0.29, 0.717) is 0 Å². The fraction of sp³-hybridized carbons (Fsp3) is 0.643. The van der Waals surface area contributed by atoms with Gasteiger partial charge in [-0.25, -0.2) is 0 Å². The second-order valence-corrected chi connectivity index (χ2v) is 4.72. The molecule has 0 radical (unpaired) electrons. The van der Waals surface area contributed by atoms with Crippen LogP contribution in [-0.2, 0) is 28.7 Å². The summed E-state index contributed by atoms with van der Waals surface area (Å²) in [5.74, 6) is -9.46. The minimum atomic E-state index is -3.97. The third-order valence-electron chi connectivity index (χ3n) is 3.17. The zero-order valence-electron chi connectivity index (χ0n) is 16.4. The zero-order chi connectivity index (χ0) is 22.3. The van der Waals surface area contributed by atoms with Crippen LogP contribution in [-0.4, -0.2) is 79.5 Å². The third kappa shape index (κ3) is 3.41. The molecule has 10 heteroatoms. The van der Waals surface area contributed by atoms with E-state index in [4.69, 9.17) is 10.6 Å². The van der Waals surface area contributed by atoms with Gasteiger partial charge in [-0.05, 0) is 13.8 Å². The van der Waals surface area contributed by atoms with Crippen LogP contribution in [0.15, 0.2) is 0 Å². The topological polar surface area (TPSA) is 175 Å². The summed E-state index contributed by atoms with van der Waals surface area (Å²) < 4.78 is 32.7. The van der Waals surface area contributed by atoms with Crippen LogP contribution >= 0.6 is 0 Å². The minimum Gasteiger partial charge on any atom is -0.439 e. The van der Waals surface area contributed by atoms with E-state index in [-0.39, 0.29) is 0 Å². The molecule has 0 fully saturated rings. The van der Waals surface area contributed by atoms with E-state index in [0.717, 1.165) is 0 Å². The number of carbonyl (C=O) groups excluding carboxylic acids is 5. The Kier molecular flexibility index (Phi) is 4.98. The van der Waals surface area contributed by atoms with Crippen LogP contribution in [0, 0.1) is 0 Å². The summed E-state index contributed by atoms with van der Waals surface area (Å²) >= 11 is 0. The first-order valence-corrected chi connectivity index (χ1v) is 6.18. The predicted molar refractivity (Wildman–Crippen MR) is 75.6 cm³/mol. The lowest BCUT2D eigenvalue weighted by Crippen LogP contribution is -2.76. The van der Waals surface area contributed by atoms with Crippen LogP contribution < -0.4 is 0 Å². The number of esters is 1. The van der Waals surface area contributed by atoms with E-state index in [2.05, 4.69) is 4.74 Å². The van der Waals surface area contributed by atoms with Gasteiger partial charge in [0.2, 0.25) is 5.60 Å². The minimum absolute atomic E-state index is 1.29. The van der Waals surface area contributed by atoms with Crippen molar-refractivity contribution in [1.29, 1.82) is 0 Å². The molecule has 0 aliphatic heterocycles. The molecule has 0 aromatic heterocycles. The van der Waals surface area contributed by atoms with Crippen LogP contribution in [0.3, 0.4) is 0 Å². The van der Waals surface area contributed by atoms with Crippen LogP contribution in [0.2, 0.25) is 0 Å². The zero-order valence-corrected chi connectivity index (χ0v) is 12.4. The Hall–Kier alpha value is -2.01. The molecule has 0 spiro atoms. The first kappa shape index (κ1) is 15.5. The third-order valence-corrected chi connectivity index (χ3v) is 3.17. The Morgan fingerprint density at radius 1 is 1.04 bits per heavy atom. The average molecular weight is 352 g/mol. The first-order valence-electron chi connectivity index (χ1n) is 9.01. The number of rotatable bonds is 9. The maximum atomic E-state index is 12.6. The van der Waals surface area contributed by atoms with Crippen molar-refractivity contribution in [3.05, 3.63) is 0 Å². The molecular weight excluding hydrogens is 328 g/mol. The normalized spacial score (nSPS) is 20.7.